The lowest BCUT2D eigenvalue weighted by atomic mass is 10.2. The summed E-state index contributed by atoms with van der Waals surface area (Å²) in [4.78, 5) is 8.63. The van der Waals surface area contributed by atoms with Crippen molar-refractivity contribution in [3.8, 4) is 5.88 Å². The molecule has 1 heterocycles. The summed E-state index contributed by atoms with van der Waals surface area (Å²) >= 11 is 1.43. The maximum Gasteiger partial charge on any atom is 0.340 e. The molecule has 0 bridgehead atoms. The van der Waals surface area contributed by atoms with Crippen LogP contribution in [0, 0.1) is 6.92 Å². The second kappa shape index (κ2) is 7.67. The lowest BCUT2D eigenvalue weighted by molar-refractivity contribution is 0.471. The van der Waals surface area contributed by atoms with Gasteiger partial charge in [-0.25, -0.2) is 4.98 Å². The second-order valence-corrected chi connectivity index (χ2v) is 7.74. The van der Waals surface area contributed by atoms with Gasteiger partial charge in [0.25, 0.3) is 0 Å². The molecule has 128 valence electrons. The summed E-state index contributed by atoms with van der Waals surface area (Å²) in [5, 5.41) is 0.474. The van der Waals surface area contributed by atoms with Gasteiger partial charge in [-0.3, -0.25) is 0 Å². The van der Waals surface area contributed by atoms with Crippen molar-refractivity contribution in [2.24, 2.45) is 0 Å². The third kappa shape index (κ3) is 4.80. The third-order valence-electron chi connectivity index (χ3n) is 3.25. The first-order chi connectivity index (χ1) is 12.0. The van der Waals surface area contributed by atoms with E-state index in [1.807, 2.05) is 30.3 Å². The Balaban J connectivity index is 1.77. The Morgan fingerprint density at radius 1 is 0.960 bits per heavy atom. The van der Waals surface area contributed by atoms with Gasteiger partial charge in [0, 0.05) is 17.5 Å². The third-order valence-corrected chi connectivity index (χ3v) is 5.41. The number of rotatable bonds is 6. The van der Waals surface area contributed by atoms with Crippen LogP contribution in [0.25, 0.3) is 0 Å². The zero-order chi connectivity index (χ0) is 17.7. The van der Waals surface area contributed by atoms with Crippen molar-refractivity contribution in [2.45, 2.75) is 22.7 Å². The van der Waals surface area contributed by atoms with Crippen molar-refractivity contribution >= 4 is 21.9 Å². The molecule has 0 aliphatic heterocycles. The largest absolute Gasteiger partial charge is 0.358 e. The van der Waals surface area contributed by atoms with Crippen molar-refractivity contribution < 1.29 is 12.6 Å². The molecule has 0 unspecified atom stereocenters. The molecule has 0 saturated carbocycles. The molecule has 0 fully saturated rings. The number of hydrogen-bond acceptors (Lipinski definition) is 6. The number of thioether (sulfide) groups is 1. The van der Waals surface area contributed by atoms with Gasteiger partial charge in [0.15, 0.2) is 5.16 Å². The molecule has 0 radical (unpaired) electrons. The Hall–Kier alpha value is -2.38. The summed E-state index contributed by atoms with van der Waals surface area (Å²) in [6.45, 7) is 1.77. The van der Waals surface area contributed by atoms with Crippen LogP contribution in [0.4, 0.5) is 0 Å². The Labute approximate surface area is 151 Å². The monoisotopic (exact) mass is 372 g/mol. The zero-order valence-electron chi connectivity index (χ0n) is 13.5. The fourth-order valence-electron chi connectivity index (χ4n) is 2.09. The molecule has 0 spiro atoms. The van der Waals surface area contributed by atoms with Crippen molar-refractivity contribution in [1.29, 1.82) is 0 Å². The summed E-state index contributed by atoms with van der Waals surface area (Å²) in [5.41, 5.74) is 1.78. The van der Waals surface area contributed by atoms with E-state index in [4.69, 9.17) is 4.18 Å². The smallest absolute Gasteiger partial charge is 0.340 e. The Morgan fingerprint density at radius 2 is 1.60 bits per heavy atom. The first kappa shape index (κ1) is 17.4. The van der Waals surface area contributed by atoms with Crippen molar-refractivity contribution in [2.75, 3.05) is 0 Å². The van der Waals surface area contributed by atoms with Crippen LogP contribution >= 0.6 is 11.8 Å². The number of benzene rings is 2. The Bertz CT molecular complexity index is 947. The standard InChI is InChI=1S/C18H16N2O3S2/c1-14-12-17(23-25(21,22)16-10-6-3-7-11-16)20-18(19-14)24-13-15-8-4-2-5-9-15/h2-12H,13H2,1H3. The highest BCUT2D eigenvalue weighted by atomic mass is 32.2. The number of hydrogen-bond donors (Lipinski definition) is 0. The maximum atomic E-state index is 12.3. The second-order valence-electron chi connectivity index (χ2n) is 5.25. The summed E-state index contributed by atoms with van der Waals surface area (Å²) in [6, 6.07) is 19.4. The molecular formula is C18H16N2O3S2. The molecule has 7 heteroatoms. The number of nitrogens with zero attached hydrogens (tertiary/aromatic N) is 2. The van der Waals surface area contributed by atoms with E-state index in [1.54, 1.807) is 25.1 Å². The minimum Gasteiger partial charge on any atom is -0.358 e. The van der Waals surface area contributed by atoms with Gasteiger partial charge < -0.3 is 4.18 Å². The fraction of sp³-hybridized carbons (Fsp3) is 0.111. The Morgan fingerprint density at radius 3 is 2.28 bits per heavy atom. The van der Waals surface area contributed by atoms with E-state index in [9.17, 15) is 8.42 Å². The molecular weight excluding hydrogens is 356 g/mol. The van der Waals surface area contributed by atoms with Gasteiger partial charge in [-0.15, -0.1) is 0 Å². The minimum absolute atomic E-state index is 0.0203. The van der Waals surface area contributed by atoms with Crippen LogP contribution in [0.15, 0.2) is 76.8 Å². The molecule has 0 amide bonds. The van der Waals surface area contributed by atoms with Gasteiger partial charge in [-0.1, -0.05) is 60.3 Å². The molecule has 25 heavy (non-hydrogen) atoms. The quantitative estimate of drug-likeness (QED) is 0.372. The molecule has 0 aliphatic rings. The lowest BCUT2D eigenvalue weighted by Crippen LogP contribution is -2.11. The molecule has 0 N–H and O–H groups in total. The topological polar surface area (TPSA) is 69.2 Å². The lowest BCUT2D eigenvalue weighted by Gasteiger charge is -2.08. The van der Waals surface area contributed by atoms with Gasteiger partial charge >= 0.3 is 10.1 Å². The average Bonchev–Trinajstić information content (AvgIpc) is 2.61. The number of aromatic nitrogens is 2. The van der Waals surface area contributed by atoms with Crippen molar-refractivity contribution in [3.63, 3.8) is 0 Å². The van der Waals surface area contributed by atoms with E-state index in [0.29, 0.717) is 16.6 Å². The fourth-order valence-corrected chi connectivity index (χ4v) is 3.84. The molecule has 0 atom stereocenters. The van der Waals surface area contributed by atoms with Crippen LogP contribution in [0.5, 0.6) is 5.88 Å². The van der Waals surface area contributed by atoms with Crippen molar-refractivity contribution in [1.82, 2.24) is 9.97 Å². The highest BCUT2D eigenvalue weighted by Crippen LogP contribution is 2.23. The molecule has 0 saturated heterocycles. The van der Waals surface area contributed by atoms with Gasteiger partial charge in [-0.05, 0) is 24.6 Å². The Kier molecular flexibility index (Phi) is 5.35. The zero-order valence-corrected chi connectivity index (χ0v) is 15.1. The van der Waals surface area contributed by atoms with E-state index in [1.165, 1.54) is 30.0 Å². The normalized spacial score (nSPS) is 11.2. The van der Waals surface area contributed by atoms with Crippen LogP contribution in [0.3, 0.4) is 0 Å². The van der Waals surface area contributed by atoms with E-state index >= 15 is 0 Å². The molecule has 3 aromatic rings. The van der Waals surface area contributed by atoms with Crippen molar-refractivity contribution in [3.05, 3.63) is 78.0 Å². The van der Waals surface area contributed by atoms with Crippen LogP contribution in [0.1, 0.15) is 11.3 Å². The van der Waals surface area contributed by atoms with Crippen LogP contribution in [-0.2, 0) is 15.9 Å². The predicted molar refractivity (Wildman–Crippen MR) is 97.0 cm³/mol. The van der Waals surface area contributed by atoms with E-state index < -0.39 is 10.1 Å². The SMILES string of the molecule is Cc1cc(OS(=O)(=O)c2ccccc2)nc(SCc2ccccc2)n1. The van der Waals surface area contributed by atoms with Gasteiger partial charge in [-0.2, -0.15) is 13.4 Å². The molecule has 0 aliphatic carbocycles. The molecule has 1 aromatic heterocycles. The van der Waals surface area contributed by atoms with Gasteiger partial charge in [0.1, 0.15) is 4.90 Å². The van der Waals surface area contributed by atoms with Crippen LogP contribution in [-0.4, -0.2) is 18.4 Å². The predicted octanol–water partition coefficient (Wildman–Crippen LogP) is 3.85. The van der Waals surface area contributed by atoms with E-state index in [0.717, 1.165) is 5.56 Å². The van der Waals surface area contributed by atoms with Gasteiger partial charge in [0.2, 0.25) is 5.88 Å². The van der Waals surface area contributed by atoms with E-state index in [-0.39, 0.29) is 10.8 Å². The van der Waals surface area contributed by atoms with Crippen LogP contribution in [0.2, 0.25) is 0 Å². The van der Waals surface area contributed by atoms with Gasteiger partial charge in [0.05, 0.1) is 0 Å². The summed E-state index contributed by atoms with van der Waals surface area (Å²) < 4.78 is 29.8. The molecule has 3 rings (SSSR count). The minimum atomic E-state index is -3.91. The average molecular weight is 372 g/mol. The highest BCUT2D eigenvalue weighted by Gasteiger charge is 2.18. The van der Waals surface area contributed by atoms with Crippen LogP contribution < -0.4 is 4.18 Å². The maximum absolute atomic E-state index is 12.3. The summed E-state index contributed by atoms with van der Waals surface area (Å²) in [7, 11) is -3.91. The van der Waals surface area contributed by atoms with E-state index in [2.05, 4.69) is 9.97 Å². The molecule has 5 nitrogen and oxygen atoms in total. The first-order valence-electron chi connectivity index (χ1n) is 7.55. The molecule has 2 aromatic carbocycles. The highest BCUT2D eigenvalue weighted by molar-refractivity contribution is 7.98. The summed E-state index contributed by atoms with van der Waals surface area (Å²) in [5.74, 6) is 0.710. The summed E-state index contributed by atoms with van der Waals surface area (Å²) in [6.07, 6.45) is 0. The number of aryl methyl sites for hydroxylation is 1. The first-order valence-corrected chi connectivity index (χ1v) is 9.94.